The van der Waals surface area contributed by atoms with Crippen molar-refractivity contribution in [2.45, 2.75) is 0 Å². The predicted molar refractivity (Wildman–Crippen MR) is 10.0 cm³/mol. The van der Waals surface area contributed by atoms with Gasteiger partial charge in [0, 0.05) is 0 Å². The molecule has 0 saturated heterocycles. The van der Waals surface area contributed by atoms with Crippen LogP contribution in [0.3, 0.4) is 0 Å². The van der Waals surface area contributed by atoms with Gasteiger partial charge in [0.25, 0.3) is 0 Å². The van der Waals surface area contributed by atoms with Crippen LogP contribution in [-0.2, 0) is 9.59 Å². The first-order valence-electron chi connectivity index (χ1n) is 1.07. The van der Waals surface area contributed by atoms with Crippen molar-refractivity contribution >= 4 is 11.9 Å². The fourth-order valence-electron chi connectivity index (χ4n) is 0. The van der Waals surface area contributed by atoms with Gasteiger partial charge in [0.05, 0.1) is 11.9 Å². The molecule has 6 heteroatoms. The number of carboxylic acid groups (broad SMARTS) is 2. The zero-order valence-electron chi connectivity index (χ0n) is 4.63. The van der Waals surface area contributed by atoms with Gasteiger partial charge in [-0.3, -0.25) is 0 Å². The Morgan fingerprint density at radius 3 is 1.00 bits per heavy atom. The molecule has 0 atom stereocenters. The molecule has 34 valence electrons. The summed E-state index contributed by atoms with van der Waals surface area (Å²) in [5.41, 5.74) is 0. The number of hydrogen-bond donors (Lipinski definition) is 0. The number of carbonyl (C=O) groups excluding carboxylic acids is 2. The smallest absolute Gasteiger partial charge is 0.543 e. The molecule has 0 aliphatic carbocycles. The minimum Gasteiger partial charge on any atom is -0.543 e. The van der Waals surface area contributed by atoms with Crippen LogP contribution in [0.1, 0.15) is 0 Å². The third kappa shape index (κ3) is 11.1. The van der Waals surface area contributed by atoms with E-state index < -0.39 is 11.9 Å². The first-order chi connectivity index (χ1) is 2.64. The molecule has 0 bridgehead atoms. The number of aliphatic carboxylic acids is 2. The fourth-order valence-corrected chi connectivity index (χ4v) is 0. The Hall–Kier alpha value is 2.21. The molecule has 0 N–H and O–H groups in total. The molecule has 0 rings (SSSR count). The zero-order chi connectivity index (χ0) is 5.15. The SMILES string of the molecule is O=[12C]([O-])[12C](=O)[O-].[K+].[K+]. The van der Waals surface area contributed by atoms with Crippen molar-refractivity contribution in [3.05, 3.63) is 0 Å². The van der Waals surface area contributed by atoms with Crippen molar-refractivity contribution in [1.29, 1.82) is 0 Å². The van der Waals surface area contributed by atoms with Crippen molar-refractivity contribution in [1.82, 2.24) is 0 Å². The van der Waals surface area contributed by atoms with Crippen LogP contribution in [0.5, 0.6) is 0 Å². The molecule has 0 radical (unpaired) electrons. The second kappa shape index (κ2) is 9.21. The molecule has 0 fully saturated rings. The average molecular weight is 166 g/mol. The van der Waals surface area contributed by atoms with Crippen LogP contribution in [0.4, 0.5) is 0 Å². The summed E-state index contributed by atoms with van der Waals surface area (Å²) < 4.78 is 0. The van der Waals surface area contributed by atoms with Crippen LogP contribution >= 0.6 is 0 Å². The molecule has 0 aliphatic heterocycles. The van der Waals surface area contributed by atoms with Gasteiger partial charge in [-0.1, -0.05) is 0 Å². The first kappa shape index (κ1) is 16.7. The maximum Gasteiger partial charge on any atom is 1.00 e. The summed E-state index contributed by atoms with van der Waals surface area (Å²) in [6.45, 7) is 0. The normalized spacial score (nSPS) is 5.50. The Balaban J connectivity index is -0.000000125. The van der Waals surface area contributed by atoms with Crippen molar-refractivity contribution in [3.63, 3.8) is 0 Å². The van der Waals surface area contributed by atoms with E-state index in [4.69, 9.17) is 19.8 Å². The molecule has 0 aliphatic rings. The molecule has 0 unspecified atom stereocenters. The van der Waals surface area contributed by atoms with E-state index in [2.05, 4.69) is 0 Å². The largest absolute Gasteiger partial charge is 1.00 e. The van der Waals surface area contributed by atoms with Gasteiger partial charge in [0.2, 0.25) is 0 Å². The second-order valence-corrected chi connectivity index (χ2v) is 0.575. The van der Waals surface area contributed by atoms with Crippen molar-refractivity contribution in [2.24, 2.45) is 0 Å². The van der Waals surface area contributed by atoms with Crippen LogP contribution in [0.15, 0.2) is 0 Å². The number of carboxylic acids is 2. The summed E-state index contributed by atoms with van der Waals surface area (Å²) in [4.78, 5) is 17.9. The fraction of sp³-hybridized carbons (Fsp3) is 0. The number of carbonyl (C=O) groups is 2. The summed E-state index contributed by atoms with van der Waals surface area (Å²) >= 11 is 0. The van der Waals surface area contributed by atoms with E-state index in [9.17, 15) is 0 Å². The molecule has 0 spiro atoms. The van der Waals surface area contributed by atoms with E-state index in [0.29, 0.717) is 0 Å². The molecule has 0 aromatic heterocycles. The van der Waals surface area contributed by atoms with Crippen molar-refractivity contribution in [2.75, 3.05) is 0 Å². The minimum absolute atomic E-state index is 0. The molecule has 8 heavy (non-hydrogen) atoms. The quantitative estimate of drug-likeness (QED) is 0.264. The number of hydrogen-bond acceptors (Lipinski definition) is 4. The maximum atomic E-state index is 8.93. The standard InChI is InChI=1S/C2H2O4.2K/c3-1(4)2(5)6;;/h(H,3,4)(H,5,6);;/q;2*+1/p-2/i1+0,2+0;;. The molecule has 0 aromatic carbocycles. The van der Waals surface area contributed by atoms with Gasteiger partial charge >= 0.3 is 103 Å². The summed E-state index contributed by atoms with van der Waals surface area (Å²) in [7, 11) is 0. The van der Waals surface area contributed by atoms with Gasteiger partial charge in [0.15, 0.2) is 0 Å². The summed E-state index contributed by atoms with van der Waals surface area (Å²) in [5, 5.41) is 17.9. The molecule has 0 heterocycles. The van der Waals surface area contributed by atoms with E-state index in [1.807, 2.05) is 0 Å². The Morgan fingerprint density at radius 1 is 0.875 bits per heavy atom. The van der Waals surface area contributed by atoms with Gasteiger partial charge < -0.3 is 19.8 Å². The molecule has 0 saturated carbocycles. The van der Waals surface area contributed by atoms with E-state index in [1.165, 1.54) is 0 Å². The molecular formula is C2K2O4. The van der Waals surface area contributed by atoms with Gasteiger partial charge in [-0.15, -0.1) is 0 Å². The van der Waals surface area contributed by atoms with Crippen LogP contribution in [0.25, 0.3) is 0 Å². The average Bonchev–Trinajstić information content (AvgIpc) is 1.36. The van der Waals surface area contributed by atoms with Gasteiger partial charge in [0.1, 0.15) is 0 Å². The van der Waals surface area contributed by atoms with Crippen LogP contribution < -0.4 is 113 Å². The molecular weight excluding hydrogens is 166 g/mol. The van der Waals surface area contributed by atoms with Gasteiger partial charge in [-0.05, 0) is 0 Å². The Bertz CT molecular complexity index is 78.0. The van der Waals surface area contributed by atoms with Crippen LogP contribution in [0, 0.1) is 0 Å². The van der Waals surface area contributed by atoms with Crippen molar-refractivity contribution < 1.29 is 123 Å². The van der Waals surface area contributed by atoms with Gasteiger partial charge in [-0.2, -0.15) is 0 Å². The van der Waals surface area contributed by atoms with E-state index in [1.54, 1.807) is 0 Å². The second-order valence-electron chi connectivity index (χ2n) is 0.575. The summed E-state index contributed by atoms with van der Waals surface area (Å²) in [6, 6.07) is 0. The molecule has 0 amide bonds. The number of rotatable bonds is 0. The zero-order valence-corrected chi connectivity index (χ0v) is 10.9. The monoisotopic (exact) mass is 166 g/mol. The molecule has 0 aromatic rings. The Morgan fingerprint density at radius 2 is 1.00 bits per heavy atom. The predicted octanol–water partition coefficient (Wildman–Crippen LogP) is -9.51. The van der Waals surface area contributed by atoms with Crippen LogP contribution in [0.2, 0.25) is 0 Å². The minimum atomic E-state index is -2.19. The Labute approximate surface area is 131 Å². The molecule has 4 nitrogen and oxygen atoms in total. The topological polar surface area (TPSA) is 80.3 Å². The van der Waals surface area contributed by atoms with E-state index in [-0.39, 0.29) is 103 Å². The van der Waals surface area contributed by atoms with Crippen LogP contribution in [-0.4, -0.2) is 11.9 Å². The Kier molecular flexibility index (Phi) is 19.2. The van der Waals surface area contributed by atoms with E-state index >= 15 is 0 Å². The summed E-state index contributed by atoms with van der Waals surface area (Å²) in [5.74, 6) is -4.37. The van der Waals surface area contributed by atoms with Crippen molar-refractivity contribution in [3.8, 4) is 0 Å². The first-order valence-corrected chi connectivity index (χ1v) is 1.07. The maximum absolute atomic E-state index is 8.93. The van der Waals surface area contributed by atoms with E-state index in [0.717, 1.165) is 0 Å². The third-order valence-electron chi connectivity index (χ3n) is 0.167. The third-order valence-corrected chi connectivity index (χ3v) is 0.167. The summed E-state index contributed by atoms with van der Waals surface area (Å²) in [6.07, 6.45) is 0. The van der Waals surface area contributed by atoms with Gasteiger partial charge in [-0.25, -0.2) is 0 Å².